The predicted molar refractivity (Wildman–Crippen MR) is 130 cm³/mol. The molecule has 8 heteroatoms. The predicted octanol–water partition coefficient (Wildman–Crippen LogP) is 4.03. The zero-order valence-corrected chi connectivity index (χ0v) is 18.9. The van der Waals surface area contributed by atoms with E-state index in [2.05, 4.69) is 10.3 Å². The summed E-state index contributed by atoms with van der Waals surface area (Å²) in [5.74, 6) is 0.369. The molecule has 2 heterocycles. The average molecular weight is 457 g/mol. The lowest BCUT2D eigenvalue weighted by molar-refractivity contribution is -0.122. The molecule has 34 heavy (non-hydrogen) atoms. The molecule has 3 aromatic carbocycles. The molecule has 0 radical (unpaired) electrons. The number of carbonyl (C=O) groups excluding carboxylic acids is 2. The monoisotopic (exact) mass is 456 g/mol. The zero-order chi connectivity index (χ0) is 23.7. The number of fused-ring (bicyclic) bond motifs is 1. The van der Waals surface area contributed by atoms with Crippen LogP contribution in [-0.2, 0) is 9.59 Å². The van der Waals surface area contributed by atoms with E-state index < -0.39 is 5.92 Å². The van der Waals surface area contributed by atoms with Gasteiger partial charge in [-0.25, -0.2) is 4.98 Å². The van der Waals surface area contributed by atoms with Crippen LogP contribution >= 0.6 is 0 Å². The molecule has 1 unspecified atom stereocenters. The molecule has 0 saturated carbocycles. The molecule has 1 N–H and O–H groups in total. The third-order valence-electron chi connectivity index (χ3n) is 6.04. The standard InChI is InChI=1S/C26H24N4O4/c1-33-20-11-12-24(34-2)23(14-20)29-15-17(13-25(29)31)26(32)28-18-7-9-19(10-8-18)30-16-27-21-5-3-4-6-22(21)30/h3-12,14,16-17H,13,15H2,1-2H3,(H,28,32). The SMILES string of the molecule is COc1ccc(OC)c(N2CC(C(=O)Nc3ccc(-n4cnc5ccccc54)cc3)CC2=O)c1. The van der Waals surface area contributed by atoms with Gasteiger partial charge in [0.25, 0.3) is 0 Å². The first kappa shape index (κ1) is 21.5. The van der Waals surface area contributed by atoms with Crippen molar-refractivity contribution in [1.29, 1.82) is 0 Å². The molecule has 5 rings (SSSR count). The second kappa shape index (κ2) is 8.90. The third-order valence-corrected chi connectivity index (χ3v) is 6.04. The highest BCUT2D eigenvalue weighted by molar-refractivity contribution is 6.04. The Balaban J connectivity index is 1.29. The Hall–Kier alpha value is -4.33. The van der Waals surface area contributed by atoms with Crippen LogP contribution in [0.4, 0.5) is 11.4 Å². The van der Waals surface area contributed by atoms with Crippen molar-refractivity contribution < 1.29 is 19.1 Å². The fourth-order valence-corrected chi connectivity index (χ4v) is 4.24. The quantitative estimate of drug-likeness (QED) is 0.473. The first-order valence-electron chi connectivity index (χ1n) is 10.9. The highest BCUT2D eigenvalue weighted by atomic mass is 16.5. The number of imidazole rings is 1. The number of anilines is 2. The number of benzene rings is 3. The van der Waals surface area contributed by atoms with Gasteiger partial charge < -0.3 is 19.7 Å². The van der Waals surface area contributed by atoms with E-state index in [0.29, 0.717) is 22.9 Å². The maximum absolute atomic E-state index is 12.9. The van der Waals surface area contributed by atoms with Crippen LogP contribution in [-0.4, -0.2) is 42.1 Å². The number of hydrogen-bond acceptors (Lipinski definition) is 5. The number of nitrogens with one attached hydrogen (secondary N) is 1. The molecule has 4 aromatic rings. The van der Waals surface area contributed by atoms with E-state index in [0.717, 1.165) is 16.7 Å². The number of amides is 2. The lowest BCUT2D eigenvalue weighted by Crippen LogP contribution is -2.28. The van der Waals surface area contributed by atoms with Crippen molar-refractivity contribution in [2.75, 3.05) is 31.0 Å². The minimum Gasteiger partial charge on any atom is -0.497 e. The number of hydrogen-bond donors (Lipinski definition) is 1. The number of methoxy groups -OCH3 is 2. The van der Waals surface area contributed by atoms with Crippen molar-refractivity contribution in [2.24, 2.45) is 5.92 Å². The number of aromatic nitrogens is 2. The van der Waals surface area contributed by atoms with E-state index in [4.69, 9.17) is 9.47 Å². The van der Waals surface area contributed by atoms with Gasteiger partial charge in [0.1, 0.15) is 17.8 Å². The molecule has 1 aliphatic heterocycles. The van der Waals surface area contributed by atoms with Gasteiger partial charge in [0.05, 0.1) is 36.9 Å². The molecule has 1 aliphatic rings. The van der Waals surface area contributed by atoms with Gasteiger partial charge in [-0.05, 0) is 48.5 Å². The van der Waals surface area contributed by atoms with Gasteiger partial charge >= 0.3 is 0 Å². The van der Waals surface area contributed by atoms with E-state index in [9.17, 15) is 9.59 Å². The number of carbonyl (C=O) groups is 2. The van der Waals surface area contributed by atoms with Gasteiger partial charge in [0.2, 0.25) is 11.8 Å². The van der Waals surface area contributed by atoms with Crippen molar-refractivity contribution in [3.63, 3.8) is 0 Å². The summed E-state index contributed by atoms with van der Waals surface area (Å²) in [6.07, 6.45) is 1.91. The number of rotatable bonds is 6. The van der Waals surface area contributed by atoms with Gasteiger partial charge in [-0.2, -0.15) is 0 Å². The molecule has 2 amide bonds. The van der Waals surface area contributed by atoms with Crippen molar-refractivity contribution in [3.8, 4) is 17.2 Å². The second-order valence-corrected chi connectivity index (χ2v) is 8.08. The molecule has 1 saturated heterocycles. The fourth-order valence-electron chi connectivity index (χ4n) is 4.24. The molecule has 8 nitrogen and oxygen atoms in total. The highest BCUT2D eigenvalue weighted by Crippen LogP contribution is 2.36. The lowest BCUT2D eigenvalue weighted by atomic mass is 10.1. The summed E-state index contributed by atoms with van der Waals surface area (Å²) in [5.41, 5.74) is 4.14. The normalized spacial score (nSPS) is 15.5. The van der Waals surface area contributed by atoms with Crippen LogP contribution in [0.3, 0.4) is 0 Å². The Morgan fingerprint density at radius 1 is 1.03 bits per heavy atom. The lowest BCUT2D eigenvalue weighted by Gasteiger charge is -2.20. The Morgan fingerprint density at radius 2 is 1.82 bits per heavy atom. The Kier molecular flexibility index (Phi) is 5.63. The maximum Gasteiger partial charge on any atom is 0.229 e. The van der Waals surface area contributed by atoms with Gasteiger partial charge in [0.15, 0.2) is 0 Å². The smallest absolute Gasteiger partial charge is 0.229 e. The first-order chi connectivity index (χ1) is 16.6. The minimum absolute atomic E-state index is 0.130. The van der Waals surface area contributed by atoms with E-state index in [-0.39, 0.29) is 24.8 Å². The Morgan fingerprint density at radius 3 is 2.59 bits per heavy atom. The van der Waals surface area contributed by atoms with Gasteiger partial charge in [-0.3, -0.25) is 14.2 Å². The van der Waals surface area contributed by atoms with E-state index in [1.54, 1.807) is 43.6 Å². The van der Waals surface area contributed by atoms with Crippen LogP contribution in [0.5, 0.6) is 11.5 Å². The van der Waals surface area contributed by atoms with Crippen molar-refractivity contribution in [3.05, 3.63) is 73.1 Å². The maximum atomic E-state index is 12.9. The molecule has 1 atom stereocenters. The second-order valence-electron chi connectivity index (χ2n) is 8.08. The molecule has 1 aromatic heterocycles. The van der Waals surface area contributed by atoms with E-state index >= 15 is 0 Å². The summed E-state index contributed by atoms with van der Waals surface area (Å²) in [4.78, 5) is 31.7. The number of ether oxygens (including phenoxy) is 2. The van der Waals surface area contributed by atoms with Crippen LogP contribution in [0.15, 0.2) is 73.1 Å². The van der Waals surface area contributed by atoms with E-state index in [1.807, 2.05) is 53.1 Å². The average Bonchev–Trinajstić information content (AvgIpc) is 3.48. The summed E-state index contributed by atoms with van der Waals surface area (Å²) in [6, 6.07) is 20.7. The topological polar surface area (TPSA) is 85.7 Å². The van der Waals surface area contributed by atoms with Crippen LogP contribution < -0.4 is 19.7 Å². The van der Waals surface area contributed by atoms with Crippen LogP contribution in [0, 0.1) is 5.92 Å². The van der Waals surface area contributed by atoms with Crippen molar-refractivity contribution in [1.82, 2.24) is 9.55 Å². The highest BCUT2D eigenvalue weighted by Gasteiger charge is 2.36. The minimum atomic E-state index is -0.472. The van der Waals surface area contributed by atoms with Gasteiger partial charge in [-0.1, -0.05) is 12.1 Å². The largest absolute Gasteiger partial charge is 0.497 e. The Labute approximate surface area is 196 Å². The third kappa shape index (κ3) is 3.94. The van der Waals surface area contributed by atoms with Crippen molar-refractivity contribution >= 4 is 34.2 Å². The summed E-state index contributed by atoms with van der Waals surface area (Å²) >= 11 is 0. The van der Waals surface area contributed by atoms with Crippen LogP contribution in [0.1, 0.15) is 6.42 Å². The first-order valence-corrected chi connectivity index (χ1v) is 10.9. The molecular formula is C26H24N4O4. The fraction of sp³-hybridized carbons (Fsp3) is 0.192. The molecule has 172 valence electrons. The van der Waals surface area contributed by atoms with Crippen LogP contribution in [0.2, 0.25) is 0 Å². The van der Waals surface area contributed by atoms with Gasteiger partial charge in [0, 0.05) is 30.4 Å². The molecule has 0 aliphatic carbocycles. The number of nitrogens with zero attached hydrogens (tertiary/aromatic N) is 3. The van der Waals surface area contributed by atoms with E-state index in [1.165, 1.54) is 0 Å². The Bertz CT molecular complexity index is 1360. The molecule has 0 spiro atoms. The summed E-state index contributed by atoms with van der Waals surface area (Å²) < 4.78 is 12.7. The molecule has 1 fully saturated rings. The van der Waals surface area contributed by atoms with Crippen LogP contribution in [0.25, 0.3) is 16.7 Å². The zero-order valence-electron chi connectivity index (χ0n) is 18.9. The van der Waals surface area contributed by atoms with Gasteiger partial charge in [-0.15, -0.1) is 0 Å². The number of para-hydroxylation sites is 2. The summed E-state index contributed by atoms with van der Waals surface area (Å²) in [6.45, 7) is 0.271. The molecular weight excluding hydrogens is 432 g/mol. The van der Waals surface area contributed by atoms with Crippen molar-refractivity contribution in [2.45, 2.75) is 6.42 Å². The molecule has 0 bridgehead atoms. The summed E-state index contributed by atoms with van der Waals surface area (Å²) in [5, 5.41) is 2.94. The summed E-state index contributed by atoms with van der Waals surface area (Å²) in [7, 11) is 3.11.